The Morgan fingerprint density at radius 3 is 2.67 bits per heavy atom. The molecule has 24 heavy (non-hydrogen) atoms. The summed E-state index contributed by atoms with van der Waals surface area (Å²) in [4.78, 5) is 36.8. The summed E-state index contributed by atoms with van der Waals surface area (Å²) >= 11 is 0. The number of hydrogen-bond donors (Lipinski definition) is 2. The minimum Gasteiger partial charge on any atom is -0.482 e. The number of likely N-dealkylation sites (N-methyl/N-ethyl adjacent to an activating group) is 1. The lowest BCUT2D eigenvalue weighted by Crippen LogP contribution is -2.44. The van der Waals surface area contributed by atoms with Crippen LogP contribution in [0.1, 0.15) is 20.8 Å². The quantitative estimate of drug-likeness (QED) is 0.872. The normalized spacial score (nSPS) is 13.7. The first kappa shape index (κ1) is 17.6. The molecule has 0 aliphatic carbocycles. The number of fused-ring (bicyclic) bond motifs is 1. The smallest absolute Gasteiger partial charge is 0.412 e. The Balaban J connectivity index is 2.22. The van der Waals surface area contributed by atoms with Gasteiger partial charge in [-0.1, -0.05) is 0 Å². The highest BCUT2D eigenvalue weighted by Crippen LogP contribution is 2.34. The molecule has 0 saturated heterocycles. The Morgan fingerprint density at radius 2 is 2.04 bits per heavy atom. The third-order valence-electron chi connectivity index (χ3n) is 3.13. The first-order valence-electron chi connectivity index (χ1n) is 7.47. The van der Waals surface area contributed by atoms with Crippen molar-refractivity contribution >= 4 is 29.3 Å². The van der Waals surface area contributed by atoms with Crippen LogP contribution in [0, 0.1) is 0 Å². The van der Waals surface area contributed by atoms with Gasteiger partial charge in [-0.05, 0) is 39.0 Å². The zero-order chi connectivity index (χ0) is 17.9. The van der Waals surface area contributed by atoms with Crippen LogP contribution in [0.4, 0.5) is 16.2 Å². The van der Waals surface area contributed by atoms with E-state index in [9.17, 15) is 14.4 Å². The molecular weight excluding hydrogens is 314 g/mol. The fraction of sp³-hybridized carbons (Fsp3) is 0.438. The molecule has 8 heteroatoms. The SMILES string of the molecule is CNC(=O)CN1C(=O)COc2ccc(NC(=O)OC(C)(C)C)cc21. The molecule has 2 rings (SSSR count). The maximum absolute atomic E-state index is 12.0. The van der Waals surface area contributed by atoms with Crippen molar-refractivity contribution in [2.75, 3.05) is 30.4 Å². The van der Waals surface area contributed by atoms with Crippen molar-refractivity contribution in [1.82, 2.24) is 5.32 Å². The molecule has 1 heterocycles. The summed E-state index contributed by atoms with van der Waals surface area (Å²) in [6.45, 7) is 5.02. The third-order valence-corrected chi connectivity index (χ3v) is 3.13. The van der Waals surface area contributed by atoms with E-state index in [0.29, 0.717) is 17.1 Å². The van der Waals surface area contributed by atoms with Crippen LogP contribution < -0.4 is 20.3 Å². The lowest BCUT2D eigenvalue weighted by molar-refractivity contribution is -0.125. The zero-order valence-electron chi connectivity index (χ0n) is 14.1. The summed E-state index contributed by atoms with van der Waals surface area (Å²) < 4.78 is 10.5. The lowest BCUT2D eigenvalue weighted by atomic mass is 10.2. The first-order valence-corrected chi connectivity index (χ1v) is 7.47. The van der Waals surface area contributed by atoms with Crippen molar-refractivity contribution < 1.29 is 23.9 Å². The Labute approximate surface area is 140 Å². The molecule has 0 atom stereocenters. The molecule has 130 valence electrons. The highest BCUT2D eigenvalue weighted by Gasteiger charge is 2.27. The highest BCUT2D eigenvalue weighted by atomic mass is 16.6. The molecule has 0 aromatic heterocycles. The van der Waals surface area contributed by atoms with Gasteiger partial charge < -0.3 is 14.8 Å². The predicted molar refractivity (Wildman–Crippen MR) is 88.2 cm³/mol. The number of rotatable bonds is 3. The van der Waals surface area contributed by atoms with Gasteiger partial charge in [0.25, 0.3) is 5.91 Å². The summed E-state index contributed by atoms with van der Waals surface area (Å²) in [6.07, 6.45) is -0.608. The number of anilines is 2. The topological polar surface area (TPSA) is 97.0 Å². The average molecular weight is 335 g/mol. The minimum absolute atomic E-state index is 0.123. The Morgan fingerprint density at radius 1 is 1.33 bits per heavy atom. The standard InChI is InChI=1S/C16H21N3O5/c1-16(2,3)24-15(22)18-10-5-6-12-11(7-10)19(8-13(20)17-4)14(21)9-23-12/h5-7H,8-9H2,1-4H3,(H,17,20)(H,18,22). The van der Waals surface area contributed by atoms with E-state index in [0.717, 1.165) is 0 Å². The monoisotopic (exact) mass is 335 g/mol. The number of benzene rings is 1. The number of nitrogens with one attached hydrogen (secondary N) is 2. The zero-order valence-corrected chi connectivity index (χ0v) is 14.1. The molecule has 1 aromatic rings. The van der Waals surface area contributed by atoms with Gasteiger partial charge >= 0.3 is 6.09 Å². The van der Waals surface area contributed by atoms with Crippen molar-refractivity contribution in [2.24, 2.45) is 0 Å². The molecule has 0 spiro atoms. The molecule has 3 amide bonds. The van der Waals surface area contributed by atoms with Gasteiger partial charge in [0.1, 0.15) is 17.9 Å². The van der Waals surface area contributed by atoms with Crippen LogP contribution >= 0.6 is 0 Å². The second-order valence-corrected chi connectivity index (χ2v) is 6.25. The van der Waals surface area contributed by atoms with Crippen LogP contribution in [0.15, 0.2) is 18.2 Å². The number of nitrogens with zero attached hydrogens (tertiary/aromatic N) is 1. The average Bonchev–Trinajstić information content (AvgIpc) is 2.48. The van der Waals surface area contributed by atoms with Gasteiger partial charge in [0.2, 0.25) is 5.91 Å². The van der Waals surface area contributed by atoms with Crippen LogP contribution in [0.3, 0.4) is 0 Å². The predicted octanol–water partition coefficient (Wildman–Crippen LogP) is 1.50. The number of carbonyl (C=O) groups excluding carboxylic acids is 3. The molecule has 0 radical (unpaired) electrons. The van der Waals surface area contributed by atoms with Gasteiger partial charge in [0.15, 0.2) is 6.61 Å². The van der Waals surface area contributed by atoms with Crippen molar-refractivity contribution in [2.45, 2.75) is 26.4 Å². The number of amides is 3. The summed E-state index contributed by atoms with van der Waals surface area (Å²) in [5.74, 6) is -0.171. The fourth-order valence-electron chi connectivity index (χ4n) is 2.10. The Bertz CT molecular complexity index is 666. The molecule has 8 nitrogen and oxygen atoms in total. The largest absolute Gasteiger partial charge is 0.482 e. The number of ether oxygens (including phenoxy) is 2. The molecule has 0 bridgehead atoms. The lowest BCUT2D eigenvalue weighted by Gasteiger charge is -2.29. The summed E-state index contributed by atoms with van der Waals surface area (Å²) in [7, 11) is 1.49. The van der Waals surface area contributed by atoms with E-state index < -0.39 is 11.7 Å². The maximum atomic E-state index is 12.0. The van der Waals surface area contributed by atoms with Crippen molar-refractivity contribution in [3.63, 3.8) is 0 Å². The molecule has 1 aromatic carbocycles. The van der Waals surface area contributed by atoms with E-state index in [1.165, 1.54) is 11.9 Å². The number of carbonyl (C=O) groups is 3. The van der Waals surface area contributed by atoms with Gasteiger partial charge in [0.05, 0.1) is 5.69 Å². The van der Waals surface area contributed by atoms with Crippen LogP contribution in [-0.4, -0.2) is 43.7 Å². The minimum atomic E-state index is -0.622. The van der Waals surface area contributed by atoms with Crippen molar-refractivity contribution in [3.05, 3.63) is 18.2 Å². The van der Waals surface area contributed by atoms with Crippen molar-refractivity contribution in [3.8, 4) is 5.75 Å². The molecule has 0 fully saturated rings. The highest BCUT2D eigenvalue weighted by molar-refractivity contribution is 6.03. The van der Waals surface area contributed by atoms with Crippen molar-refractivity contribution in [1.29, 1.82) is 0 Å². The molecule has 1 aliphatic heterocycles. The molecule has 2 N–H and O–H groups in total. The third kappa shape index (κ3) is 4.37. The Hall–Kier alpha value is -2.77. The Kier molecular flexibility index (Phi) is 4.96. The van der Waals surface area contributed by atoms with E-state index in [1.807, 2.05) is 0 Å². The van der Waals surface area contributed by atoms with E-state index >= 15 is 0 Å². The molecule has 1 aliphatic rings. The maximum Gasteiger partial charge on any atom is 0.412 e. The van der Waals surface area contributed by atoms with Gasteiger partial charge in [-0.25, -0.2) is 4.79 Å². The van der Waals surface area contributed by atoms with E-state index in [2.05, 4.69) is 10.6 Å². The second-order valence-electron chi connectivity index (χ2n) is 6.25. The molecular formula is C16H21N3O5. The van der Waals surface area contributed by atoms with Gasteiger partial charge in [-0.15, -0.1) is 0 Å². The fourth-order valence-corrected chi connectivity index (χ4v) is 2.10. The first-order chi connectivity index (χ1) is 11.2. The molecule has 0 unspecified atom stereocenters. The van der Waals surface area contributed by atoms with Gasteiger partial charge in [-0.2, -0.15) is 0 Å². The van der Waals surface area contributed by atoms with E-state index in [4.69, 9.17) is 9.47 Å². The van der Waals surface area contributed by atoms with Gasteiger partial charge in [-0.3, -0.25) is 19.8 Å². The van der Waals surface area contributed by atoms with Crippen LogP contribution in [0.25, 0.3) is 0 Å². The van der Waals surface area contributed by atoms with E-state index in [-0.39, 0.29) is 25.0 Å². The molecule has 0 saturated carbocycles. The van der Waals surface area contributed by atoms with Gasteiger partial charge in [0, 0.05) is 12.7 Å². The second kappa shape index (κ2) is 6.77. The van der Waals surface area contributed by atoms with Crippen LogP contribution in [-0.2, 0) is 14.3 Å². The summed E-state index contributed by atoms with van der Waals surface area (Å²) in [5, 5.41) is 5.07. The van der Waals surface area contributed by atoms with E-state index in [1.54, 1.807) is 39.0 Å². The summed E-state index contributed by atoms with van der Waals surface area (Å²) in [5.41, 5.74) is 0.231. The summed E-state index contributed by atoms with van der Waals surface area (Å²) in [6, 6.07) is 4.83. The van der Waals surface area contributed by atoms with Crippen LogP contribution in [0.5, 0.6) is 5.75 Å². The van der Waals surface area contributed by atoms with Crippen LogP contribution in [0.2, 0.25) is 0 Å². The number of hydrogen-bond acceptors (Lipinski definition) is 5.